The fourth-order valence-corrected chi connectivity index (χ4v) is 1.89. The molecular weight excluding hydrogens is 141 g/mol. The molecule has 1 fully saturated rings. The van der Waals surface area contributed by atoms with E-state index in [1.807, 2.05) is 0 Å². The maximum absolute atomic E-state index is 4.06. The molecule has 58 valence electrons. The topological polar surface area (TPSA) is 12.0 Å². The predicted molar refractivity (Wildman–Crippen MR) is 48.8 cm³/mol. The summed E-state index contributed by atoms with van der Waals surface area (Å²) in [5, 5.41) is 3.19. The van der Waals surface area contributed by atoms with Crippen LogP contribution >= 0.6 is 9.39 Å². The quantitative estimate of drug-likeness (QED) is 0.478. The SMILES string of the molecule is C=C1CCCC1C(C)NP. The van der Waals surface area contributed by atoms with Crippen molar-refractivity contribution in [1.29, 1.82) is 0 Å². The van der Waals surface area contributed by atoms with E-state index in [4.69, 9.17) is 0 Å². The van der Waals surface area contributed by atoms with Gasteiger partial charge in [-0.05, 0) is 32.1 Å². The van der Waals surface area contributed by atoms with Gasteiger partial charge in [0.1, 0.15) is 0 Å². The molecule has 2 heteroatoms. The summed E-state index contributed by atoms with van der Waals surface area (Å²) in [6.45, 7) is 6.27. The van der Waals surface area contributed by atoms with E-state index in [1.165, 1.54) is 24.8 Å². The van der Waals surface area contributed by atoms with Crippen molar-refractivity contribution in [1.82, 2.24) is 5.09 Å². The van der Waals surface area contributed by atoms with E-state index >= 15 is 0 Å². The third-order valence-corrected chi connectivity index (χ3v) is 2.93. The van der Waals surface area contributed by atoms with Gasteiger partial charge in [0.25, 0.3) is 0 Å². The summed E-state index contributed by atoms with van der Waals surface area (Å²) < 4.78 is 0. The summed E-state index contributed by atoms with van der Waals surface area (Å²) >= 11 is 0. The van der Waals surface area contributed by atoms with Crippen LogP contribution in [0.2, 0.25) is 0 Å². The van der Waals surface area contributed by atoms with Crippen molar-refractivity contribution in [2.75, 3.05) is 0 Å². The second kappa shape index (κ2) is 3.50. The lowest BCUT2D eigenvalue weighted by molar-refractivity contribution is 0.496. The minimum Gasteiger partial charge on any atom is -0.297 e. The van der Waals surface area contributed by atoms with Gasteiger partial charge in [-0.25, -0.2) is 0 Å². The summed E-state index contributed by atoms with van der Waals surface area (Å²) in [6, 6.07) is 0.583. The predicted octanol–water partition coefficient (Wildman–Crippen LogP) is 2.11. The van der Waals surface area contributed by atoms with E-state index in [1.54, 1.807) is 0 Å². The number of rotatable bonds is 2. The smallest absolute Gasteiger partial charge is 0.0136 e. The molecule has 0 aromatic carbocycles. The Morgan fingerprint density at radius 3 is 2.90 bits per heavy atom. The van der Waals surface area contributed by atoms with Crippen LogP contribution in [0.3, 0.4) is 0 Å². The van der Waals surface area contributed by atoms with Crippen molar-refractivity contribution < 1.29 is 0 Å². The van der Waals surface area contributed by atoms with Crippen molar-refractivity contribution in [3.63, 3.8) is 0 Å². The van der Waals surface area contributed by atoms with Crippen LogP contribution in [-0.2, 0) is 0 Å². The Kier molecular flexibility index (Phi) is 2.88. The van der Waals surface area contributed by atoms with Gasteiger partial charge in [-0.1, -0.05) is 21.5 Å². The van der Waals surface area contributed by atoms with E-state index in [2.05, 4.69) is 28.0 Å². The molecule has 1 rings (SSSR count). The molecule has 0 heterocycles. The van der Waals surface area contributed by atoms with Crippen molar-refractivity contribution >= 4 is 9.39 Å². The number of hydrogen-bond donors (Lipinski definition) is 1. The molecule has 0 amide bonds. The first-order chi connectivity index (χ1) is 4.75. The fraction of sp³-hybridized carbons (Fsp3) is 0.750. The Balaban J connectivity index is 2.46. The van der Waals surface area contributed by atoms with Gasteiger partial charge >= 0.3 is 0 Å². The maximum atomic E-state index is 4.06. The van der Waals surface area contributed by atoms with Gasteiger partial charge in [-0.15, -0.1) is 0 Å². The Hall–Kier alpha value is 0.130. The van der Waals surface area contributed by atoms with Crippen LogP contribution in [0.25, 0.3) is 0 Å². The Bertz CT molecular complexity index is 133. The molecule has 1 aliphatic rings. The molecule has 0 aromatic heterocycles. The summed E-state index contributed by atoms with van der Waals surface area (Å²) in [7, 11) is 2.57. The lowest BCUT2D eigenvalue weighted by Crippen LogP contribution is -2.25. The average Bonchev–Trinajstić information content (AvgIpc) is 2.34. The van der Waals surface area contributed by atoms with Gasteiger partial charge in [-0.3, -0.25) is 5.09 Å². The third kappa shape index (κ3) is 1.59. The normalized spacial score (nSPS) is 29.0. The molecule has 0 aromatic rings. The highest BCUT2D eigenvalue weighted by atomic mass is 31.0. The molecule has 0 bridgehead atoms. The van der Waals surface area contributed by atoms with Gasteiger partial charge in [0.15, 0.2) is 0 Å². The van der Waals surface area contributed by atoms with E-state index < -0.39 is 0 Å². The standard InChI is InChI=1S/C8H16NP/c1-6-4-3-5-8(6)7(2)9-10/h7-9H,1,3-5,10H2,2H3. The van der Waals surface area contributed by atoms with Gasteiger partial charge in [0.2, 0.25) is 0 Å². The van der Waals surface area contributed by atoms with E-state index in [9.17, 15) is 0 Å². The summed E-state index contributed by atoms with van der Waals surface area (Å²) in [4.78, 5) is 0. The van der Waals surface area contributed by atoms with Crippen molar-refractivity contribution in [2.24, 2.45) is 5.92 Å². The van der Waals surface area contributed by atoms with Gasteiger partial charge in [0, 0.05) is 6.04 Å². The largest absolute Gasteiger partial charge is 0.297 e. The summed E-state index contributed by atoms with van der Waals surface area (Å²) in [5.74, 6) is 0.720. The van der Waals surface area contributed by atoms with Crippen LogP contribution in [0.15, 0.2) is 12.2 Å². The van der Waals surface area contributed by atoms with Crippen molar-refractivity contribution in [2.45, 2.75) is 32.2 Å². The molecular formula is C8H16NP. The molecule has 0 spiro atoms. The van der Waals surface area contributed by atoms with Crippen molar-refractivity contribution in [3.05, 3.63) is 12.2 Å². The van der Waals surface area contributed by atoms with E-state index in [-0.39, 0.29) is 0 Å². The molecule has 1 nitrogen and oxygen atoms in total. The van der Waals surface area contributed by atoms with Crippen LogP contribution in [0.4, 0.5) is 0 Å². The number of nitrogens with one attached hydrogen (secondary N) is 1. The zero-order valence-electron chi connectivity index (χ0n) is 6.56. The monoisotopic (exact) mass is 157 g/mol. The molecule has 0 radical (unpaired) electrons. The minimum absolute atomic E-state index is 0.583. The zero-order valence-corrected chi connectivity index (χ0v) is 7.72. The Morgan fingerprint density at radius 1 is 1.80 bits per heavy atom. The van der Waals surface area contributed by atoms with Gasteiger partial charge in [0.05, 0.1) is 0 Å². The zero-order chi connectivity index (χ0) is 7.56. The Labute approximate surface area is 65.5 Å². The van der Waals surface area contributed by atoms with Crippen LogP contribution in [0.1, 0.15) is 26.2 Å². The average molecular weight is 157 g/mol. The highest BCUT2D eigenvalue weighted by Gasteiger charge is 2.23. The molecule has 1 saturated carbocycles. The first-order valence-electron chi connectivity index (χ1n) is 3.89. The molecule has 1 N–H and O–H groups in total. The fourth-order valence-electron chi connectivity index (χ4n) is 1.66. The molecule has 1 aliphatic carbocycles. The van der Waals surface area contributed by atoms with Crippen molar-refractivity contribution in [3.8, 4) is 0 Å². The summed E-state index contributed by atoms with van der Waals surface area (Å²) in [5.41, 5.74) is 1.43. The maximum Gasteiger partial charge on any atom is 0.0136 e. The lowest BCUT2D eigenvalue weighted by Gasteiger charge is -2.18. The highest BCUT2D eigenvalue weighted by molar-refractivity contribution is 7.13. The Morgan fingerprint density at radius 2 is 2.50 bits per heavy atom. The molecule has 3 unspecified atom stereocenters. The van der Waals surface area contributed by atoms with Crippen LogP contribution in [0, 0.1) is 5.92 Å². The molecule has 3 atom stereocenters. The van der Waals surface area contributed by atoms with Gasteiger partial charge < -0.3 is 0 Å². The van der Waals surface area contributed by atoms with E-state index in [0.29, 0.717) is 6.04 Å². The van der Waals surface area contributed by atoms with Gasteiger partial charge in [-0.2, -0.15) is 0 Å². The minimum atomic E-state index is 0.583. The van der Waals surface area contributed by atoms with E-state index in [0.717, 1.165) is 5.92 Å². The lowest BCUT2D eigenvalue weighted by atomic mass is 9.97. The second-order valence-electron chi connectivity index (χ2n) is 3.11. The molecule has 0 saturated heterocycles. The van der Waals surface area contributed by atoms with Crippen LogP contribution in [0.5, 0.6) is 0 Å². The third-order valence-electron chi connectivity index (χ3n) is 2.40. The first kappa shape index (κ1) is 8.23. The number of hydrogen-bond acceptors (Lipinski definition) is 1. The molecule has 0 aliphatic heterocycles. The second-order valence-corrected chi connectivity index (χ2v) is 3.45. The van der Waals surface area contributed by atoms with Crippen LogP contribution < -0.4 is 5.09 Å². The van der Waals surface area contributed by atoms with Crippen LogP contribution in [-0.4, -0.2) is 6.04 Å². The highest BCUT2D eigenvalue weighted by Crippen LogP contribution is 2.32. The molecule has 10 heavy (non-hydrogen) atoms. The first-order valence-corrected chi connectivity index (χ1v) is 4.47. The summed E-state index contributed by atoms with van der Waals surface area (Å²) in [6.07, 6.45) is 3.89.